The second kappa shape index (κ2) is 8.26. The molecule has 0 saturated carbocycles. The fourth-order valence-corrected chi connectivity index (χ4v) is 3.63. The Bertz CT molecular complexity index is 1110. The third-order valence-electron chi connectivity index (χ3n) is 4.28. The predicted molar refractivity (Wildman–Crippen MR) is 107 cm³/mol. The van der Waals surface area contributed by atoms with Gasteiger partial charge < -0.3 is 4.52 Å². The largest absolute Gasteiger partial charge is 0.339 e. The Morgan fingerprint density at radius 2 is 1.89 bits per heavy atom. The lowest BCUT2D eigenvalue weighted by Crippen LogP contribution is -2.39. The zero-order chi connectivity index (χ0) is 20.4. The van der Waals surface area contributed by atoms with Gasteiger partial charge in [-0.1, -0.05) is 44.6 Å². The fraction of sp³-hybridized carbons (Fsp3) is 0.556. The average molecular weight is 404 g/mol. The van der Waals surface area contributed by atoms with Gasteiger partial charge in [0.25, 0.3) is 5.56 Å². The van der Waals surface area contributed by atoms with Crippen molar-refractivity contribution in [1.82, 2.24) is 29.2 Å². The van der Waals surface area contributed by atoms with Crippen molar-refractivity contribution in [2.75, 3.05) is 0 Å². The summed E-state index contributed by atoms with van der Waals surface area (Å²) >= 11 is 1.35. The number of hydrogen-bond donors (Lipinski definition) is 0. The first-order chi connectivity index (χ1) is 13.4. The van der Waals surface area contributed by atoms with Crippen LogP contribution in [0.1, 0.15) is 57.6 Å². The third kappa shape index (κ3) is 3.73. The van der Waals surface area contributed by atoms with Crippen LogP contribution in [0.5, 0.6) is 0 Å². The van der Waals surface area contributed by atoms with Crippen molar-refractivity contribution in [3.63, 3.8) is 0 Å². The minimum Gasteiger partial charge on any atom is -0.339 e. The molecule has 0 aromatic carbocycles. The number of thioether (sulfide) groups is 1. The molecule has 0 spiro atoms. The maximum atomic E-state index is 12.9. The molecule has 3 heterocycles. The number of fused-ring (bicyclic) bond motifs is 1. The van der Waals surface area contributed by atoms with Crippen molar-refractivity contribution >= 4 is 22.8 Å². The van der Waals surface area contributed by atoms with Crippen LogP contribution in [0.4, 0.5) is 0 Å². The van der Waals surface area contributed by atoms with Crippen LogP contribution in [-0.4, -0.2) is 29.2 Å². The predicted octanol–water partition coefficient (Wildman–Crippen LogP) is 2.26. The van der Waals surface area contributed by atoms with E-state index in [4.69, 9.17) is 4.52 Å². The Hall–Kier alpha value is -2.49. The van der Waals surface area contributed by atoms with E-state index in [0.29, 0.717) is 52.3 Å². The lowest BCUT2D eigenvalue weighted by Gasteiger charge is -2.14. The summed E-state index contributed by atoms with van der Waals surface area (Å²) in [6.07, 6.45) is 1.41. The van der Waals surface area contributed by atoms with Gasteiger partial charge in [-0.3, -0.25) is 13.9 Å². The first-order valence-corrected chi connectivity index (χ1v) is 10.3. The van der Waals surface area contributed by atoms with Gasteiger partial charge in [-0.05, 0) is 6.42 Å². The van der Waals surface area contributed by atoms with E-state index < -0.39 is 5.56 Å². The second-order valence-electron chi connectivity index (χ2n) is 6.79. The van der Waals surface area contributed by atoms with Crippen molar-refractivity contribution < 1.29 is 4.52 Å². The number of nitrogens with zero attached hydrogens (tertiary/aromatic N) is 6. The summed E-state index contributed by atoms with van der Waals surface area (Å²) in [5.74, 6) is 2.16. The van der Waals surface area contributed by atoms with Crippen LogP contribution in [-0.2, 0) is 25.8 Å². The molecule has 3 aromatic rings. The highest BCUT2D eigenvalue weighted by molar-refractivity contribution is 7.98. The molecule has 0 radical (unpaired) electrons. The van der Waals surface area contributed by atoms with Crippen LogP contribution < -0.4 is 11.2 Å². The molecule has 0 unspecified atom stereocenters. The molecule has 0 bridgehead atoms. The Balaban J connectivity index is 2.19. The average Bonchev–Trinajstić information content (AvgIpc) is 3.15. The maximum absolute atomic E-state index is 12.9. The molecule has 10 heteroatoms. The molecule has 0 amide bonds. The van der Waals surface area contributed by atoms with Crippen LogP contribution in [0.25, 0.3) is 11.0 Å². The van der Waals surface area contributed by atoms with Crippen LogP contribution in [0.15, 0.2) is 19.1 Å². The summed E-state index contributed by atoms with van der Waals surface area (Å²) in [7, 11) is 1.48. The van der Waals surface area contributed by atoms with Crippen molar-refractivity contribution in [2.24, 2.45) is 7.05 Å². The highest BCUT2D eigenvalue weighted by atomic mass is 32.2. The molecule has 0 N–H and O–H groups in total. The third-order valence-corrected chi connectivity index (χ3v) is 5.25. The van der Waals surface area contributed by atoms with E-state index in [9.17, 15) is 9.59 Å². The summed E-state index contributed by atoms with van der Waals surface area (Å²) in [6.45, 7) is 8.35. The highest BCUT2D eigenvalue weighted by Crippen LogP contribution is 2.27. The topological polar surface area (TPSA) is 109 Å². The summed E-state index contributed by atoms with van der Waals surface area (Å²) in [4.78, 5) is 39.0. The number of aryl methyl sites for hydroxylation is 2. The summed E-state index contributed by atoms with van der Waals surface area (Å²) in [6, 6.07) is 0. The van der Waals surface area contributed by atoms with Gasteiger partial charge >= 0.3 is 5.69 Å². The fourth-order valence-electron chi connectivity index (χ4n) is 2.77. The molecule has 28 heavy (non-hydrogen) atoms. The monoisotopic (exact) mass is 404 g/mol. The molecule has 9 nitrogen and oxygen atoms in total. The quantitative estimate of drug-likeness (QED) is 0.436. The molecule has 0 atom stereocenters. The molecular weight excluding hydrogens is 380 g/mol. The molecule has 150 valence electrons. The SMILES string of the molecule is CCCn1c(=O)n(C)c(=O)c2c(SCc3noc(CC)n3)nc(C(C)C)nc21. The molecule has 3 aromatic heterocycles. The first kappa shape index (κ1) is 20.2. The minimum absolute atomic E-state index is 0.0508. The van der Waals surface area contributed by atoms with E-state index in [1.165, 1.54) is 18.8 Å². The van der Waals surface area contributed by atoms with Gasteiger partial charge in [-0.2, -0.15) is 4.98 Å². The maximum Gasteiger partial charge on any atom is 0.332 e. The Morgan fingerprint density at radius 3 is 2.50 bits per heavy atom. The normalized spacial score (nSPS) is 11.6. The van der Waals surface area contributed by atoms with Gasteiger partial charge in [0.05, 0.1) is 5.75 Å². The second-order valence-corrected chi connectivity index (χ2v) is 7.75. The van der Waals surface area contributed by atoms with Gasteiger partial charge in [0.2, 0.25) is 5.89 Å². The van der Waals surface area contributed by atoms with Crippen molar-refractivity contribution in [3.05, 3.63) is 38.4 Å². The molecule has 0 fully saturated rings. The lowest BCUT2D eigenvalue weighted by molar-refractivity contribution is 0.378. The molecule has 3 rings (SSSR count). The minimum atomic E-state index is -0.396. The van der Waals surface area contributed by atoms with E-state index >= 15 is 0 Å². The van der Waals surface area contributed by atoms with Gasteiger partial charge in [0.15, 0.2) is 11.5 Å². The van der Waals surface area contributed by atoms with E-state index in [1.807, 2.05) is 27.7 Å². The Labute approximate surface area is 166 Å². The van der Waals surface area contributed by atoms with Crippen LogP contribution in [0, 0.1) is 0 Å². The zero-order valence-corrected chi connectivity index (χ0v) is 17.5. The van der Waals surface area contributed by atoms with Crippen LogP contribution >= 0.6 is 11.8 Å². The standard InChI is InChI=1S/C18H24N6O3S/c1-6-8-24-15-13(17(25)23(5)18(24)26)16(21-14(20-15)10(3)4)28-9-11-19-12(7-2)27-22-11/h10H,6-9H2,1-5H3. The van der Waals surface area contributed by atoms with Crippen molar-refractivity contribution in [2.45, 2.75) is 63.8 Å². The number of rotatable bonds is 7. The van der Waals surface area contributed by atoms with Gasteiger partial charge in [-0.15, -0.1) is 0 Å². The van der Waals surface area contributed by atoms with E-state index in [1.54, 1.807) is 4.57 Å². The van der Waals surface area contributed by atoms with E-state index in [0.717, 1.165) is 11.0 Å². The van der Waals surface area contributed by atoms with E-state index in [-0.39, 0.29) is 11.6 Å². The van der Waals surface area contributed by atoms with Crippen LogP contribution in [0.2, 0.25) is 0 Å². The number of hydrogen-bond acceptors (Lipinski definition) is 8. The van der Waals surface area contributed by atoms with Crippen LogP contribution in [0.3, 0.4) is 0 Å². The number of aromatic nitrogens is 6. The molecule has 0 saturated heterocycles. The molecule has 0 aliphatic heterocycles. The Kier molecular flexibility index (Phi) is 5.97. The molecule has 0 aliphatic carbocycles. The highest BCUT2D eigenvalue weighted by Gasteiger charge is 2.20. The summed E-state index contributed by atoms with van der Waals surface area (Å²) < 4.78 is 7.81. The first-order valence-electron chi connectivity index (χ1n) is 9.33. The summed E-state index contributed by atoms with van der Waals surface area (Å²) in [5.41, 5.74) is -0.375. The smallest absolute Gasteiger partial charge is 0.332 e. The zero-order valence-electron chi connectivity index (χ0n) is 16.7. The Morgan fingerprint density at radius 1 is 1.14 bits per heavy atom. The van der Waals surface area contributed by atoms with E-state index in [2.05, 4.69) is 20.1 Å². The molecule has 0 aliphatic rings. The molecular formula is C18H24N6O3S. The van der Waals surface area contributed by atoms with Crippen molar-refractivity contribution in [3.8, 4) is 0 Å². The van der Waals surface area contributed by atoms with Gasteiger partial charge in [0, 0.05) is 25.9 Å². The lowest BCUT2D eigenvalue weighted by atomic mass is 10.2. The van der Waals surface area contributed by atoms with Crippen molar-refractivity contribution in [1.29, 1.82) is 0 Å². The van der Waals surface area contributed by atoms with Gasteiger partial charge in [-0.25, -0.2) is 14.8 Å². The summed E-state index contributed by atoms with van der Waals surface area (Å²) in [5, 5.41) is 4.83. The van der Waals surface area contributed by atoms with Gasteiger partial charge in [0.1, 0.15) is 16.2 Å².